The van der Waals surface area contributed by atoms with E-state index in [9.17, 15) is 9.59 Å². The van der Waals surface area contributed by atoms with Crippen LogP contribution in [-0.4, -0.2) is 55.5 Å². The van der Waals surface area contributed by atoms with E-state index in [0.29, 0.717) is 12.8 Å². The molecule has 28 heavy (non-hydrogen) atoms. The molecule has 0 atom stereocenters. The van der Waals surface area contributed by atoms with Gasteiger partial charge in [0.05, 0.1) is 12.8 Å². The van der Waals surface area contributed by atoms with E-state index in [0.717, 1.165) is 24.2 Å². The lowest BCUT2D eigenvalue weighted by atomic mass is 10.2. The molecule has 154 valence electrons. The Bertz CT molecular complexity index is 580. The first-order valence-corrected chi connectivity index (χ1v) is 8.94. The van der Waals surface area contributed by atoms with Crippen LogP contribution in [0.25, 0.3) is 0 Å². The molecule has 2 rings (SSSR count). The summed E-state index contributed by atoms with van der Waals surface area (Å²) < 4.78 is 0. The molecule has 0 saturated carbocycles. The predicted octanol–water partition coefficient (Wildman–Crippen LogP) is 1.95. The van der Waals surface area contributed by atoms with Crippen molar-refractivity contribution in [2.24, 2.45) is 0 Å². The lowest BCUT2D eigenvalue weighted by Crippen LogP contribution is -1.98. The highest BCUT2D eigenvalue weighted by Gasteiger charge is 1.98. The molecule has 4 N–H and O–H groups in total. The zero-order chi connectivity index (χ0) is 21.0. The number of aliphatic hydroxyl groups is 2. The summed E-state index contributed by atoms with van der Waals surface area (Å²) in [5.74, 6) is -1.56. The fourth-order valence-electron chi connectivity index (χ4n) is 1.79. The van der Waals surface area contributed by atoms with Crippen molar-refractivity contribution in [1.82, 2.24) is 9.97 Å². The molecule has 0 aromatic carbocycles. The topological polar surface area (TPSA) is 141 Å². The van der Waals surface area contributed by atoms with Gasteiger partial charge in [0.25, 0.3) is 0 Å². The lowest BCUT2D eigenvalue weighted by Gasteiger charge is -1.94. The fourth-order valence-corrected chi connectivity index (χ4v) is 1.79. The molecule has 8 heteroatoms. The Morgan fingerprint density at radius 3 is 1.36 bits per heavy atom. The summed E-state index contributed by atoms with van der Waals surface area (Å²) in [5, 5.41) is 32.9. The van der Waals surface area contributed by atoms with Gasteiger partial charge in [-0.2, -0.15) is 0 Å². The van der Waals surface area contributed by atoms with Crippen molar-refractivity contribution in [3.63, 3.8) is 0 Å². The number of aromatic nitrogens is 2. The monoisotopic (exact) mass is 392 g/mol. The Morgan fingerprint density at radius 2 is 1.11 bits per heavy atom. The number of aliphatic carboxylic acids is 2. The molecule has 0 aliphatic heterocycles. The third-order valence-electron chi connectivity index (χ3n) is 3.21. The van der Waals surface area contributed by atoms with Crippen LogP contribution in [0.2, 0.25) is 0 Å². The van der Waals surface area contributed by atoms with Crippen LogP contribution in [0, 0.1) is 0 Å². The molecule has 0 radical (unpaired) electrons. The van der Waals surface area contributed by atoms with Gasteiger partial charge in [0.1, 0.15) is 0 Å². The van der Waals surface area contributed by atoms with Crippen LogP contribution in [0.15, 0.2) is 48.8 Å². The molecule has 0 fully saturated rings. The second-order valence-electron chi connectivity index (χ2n) is 5.58. The Morgan fingerprint density at radius 1 is 0.714 bits per heavy atom. The first-order valence-electron chi connectivity index (χ1n) is 8.94. The number of pyridine rings is 2. The molecule has 0 aliphatic rings. The van der Waals surface area contributed by atoms with Gasteiger partial charge >= 0.3 is 11.9 Å². The number of carboxylic acids is 2. The quantitative estimate of drug-likeness (QED) is 0.475. The number of unbranched alkanes of at least 4 members (excludes halogenated alkanes) is 1. The molecular weight excluding hydrogens is 364 g/mol. The normalized spacial score (nSPS) is 9.36. The van der Waals surface area contributed by atoms with Crippen molar-refractivity contribution >= 4 is 11.9 Å². The Balaban J connectivity index is 0.000000411. The van der Waals surface area contributed by atoms with Crippen molar-refractivity contribution in [3.8, 4) is 0 Å². The summed E-state index contributed by atoms with van der Waals surface area (Å²) >= 11 is 0. The van der Waals surface area contributed by atoms with Crippen LogP contribution in [0.5, 0.6) is 0 Å². The first-order chi connectivity index (χ1) is 13.5. The van der Waals surface area contributed by atoms with E-state index in [1.807, 2.05) is 36.4 Å². The summed E-state index contributed by atoms with van der Waals surface area (Å²) in [6.07, 6.45) is 6.09. The van der Waals surface area contributed by atoms with Gasteiger partial charge in [-0.25, -0.2) is 0 Å². The molecule has 0 saturated heterocycles. The maximum atomic E-state index is 10.1. The average molecular weight is 392 g/mol. The summed E-state index contributed by atoms with van der Waals surface area (Å²) in [4.78, 5) is 28.3. The standard InChI is InChI=1S/2C8H9NO2.C4H10O2/c2*10-8(11)5-4-7-3-1-2-6-9-7;5-3-1-2-4-6/h2*1-3,6H,4-5H2,(H,10,11);5-6H,1-4H2. The van der Waals surface area contributed by atoms with Crippen LogP contribution in [0.1, 0.15) is 37.1 Å². The molecule has 0 spiro atoms. The average Bonchev–Trinajstić information content (AvgIpc) is 2.71. The zero-order valence-electron chi connectivity index (χ0n) is 15.8. The van der Waals surface area contributed by atoms with E-state index < -0.39 is 11.9 Å². The van der Waals surface area contributed by atoms with E-state index in [2.05, 4.69) is 9.97 Å². The number of nitrogens with zero attached hydrogens (tertiary/aromatic N) is 2. The minimum absolute atomic E-state index is 0.150. The van der Waals surface area contributed by atoms with E-state index >= 15 is 0 Å². The van der Waals surface area contributed by atoms with Gasteiger partial charge in [-0.3, -0.25) is 19.6 Å². The van der Waals surface area contributed by atoms with Gasteiger partial charge in [-0.05, 0) is 37.1 Å². The minimum atomic E-state index is -0.782. The van der Waals surface area contributed by atoms with E-state index in [1.165, 1.54) is 0 Å². The largest absolute Gasteiger partial charge is 0.481 e. The smallest absolute Gasteiger partial charge is 0.303 e. The van der Waals surface area contributed by atoms with Crippen LogP contribution in [0.3, 0.4) is 0 Å². The molecule has 0 unspecified atom stereocenters. The second kappa shape index (κ2) is 17.6. The van der Waals surface area contributed by atoms with Gasteiger partial charge in [-0.1, -0.05) is 12.1 Å². The highest BCUT2D eigenvalue weighted by atomic mass is 16.4. The number of carbonyl (C=O) groups is 2. The zero-order valence-corrected chi connectivity index (χ0v) is 15.8. The molecule has 0 aliphatic carbocycles. The maximum Gasteiger partial charge on any atom is 0.303 e. The van der Waals surface area contributed by atoms with Gasteiger partial charge in [0.2, 0.25) is 0 Å². The van der Waals surface area contributed by atoms with E-state index in [1.54, 1.807) is 12.4 Å². The van der Waals surface area contributed by atoms with Crippen LogP contribution < -0.4 is 0 Å². The highest BCUT2D eigenvalue weighted by Crippen LogP contribution is 1.98. The molecule has 0 bridgehead atoms. The van der Waals surface area contributed by atoms with Gasteiger partial charge in [-0.15, -0.1) is 0 Å². The molecule has 2 aromatic rings. The Hall–Kier alpha value is -2.84. The maximum absolute atomic E-state index is 10.1. The van der Waals surface area contributed by atoms with Crippen LogP contribution >= 0.6 is 0 Å². The second-order valence-corrected chi connectivity index (χ2v) is 5.58. The summed E-state index contributed by atoms with van der Waals surface area (Å²) in [7, 11) is 0. The highest BCUT2D eigenvalue weighted by molar-refractivity contribution is 5.67. The Kier molecular flexibility index (Phi) is 15.8. The summed E-state index contributed by atoms with van der Waals surface area (Å²) in [5.41, 5.74) is 1.66. The van der Waals surface area contributed by atoms with Crippen molar-refractivity contribution < 1.29 is 30.0 Å². The first kappa shape index (κ1) is 25.2. The van der Waals surface area contributed by atoms with E-state index in [4.69, 9.17) is 20.4 Å². The van der Waals surface area contributed by atoms with Crippen LogP contribution in [0.4, 0.5) is 0 Å². The molecular formula is C20H28N2O6. The lowest BCUT2D eigenvalue weighted by molar-refractivity contribution is -0.138. The van der Waals surface area contributed by atoms with Crippen molar-refractivity contribution in [2.75, 3.05) is 13.2 Å². The minimum Gasteiger partial charge on any atom is -0.481 e. The number of hydrogen-bond donors (Lipinski definition) is 4. The number of aryl methyl sites for hydroxylation is 2. The van der Waals surface area contributed by atoms with Crippen molar-refractivity contribution in [1.29, 1.82) is 0 Å². The molecule has 2 heterocycles. The molecule has 2 aromatic heterocycles. The van der Waals surface area contributed by atoms with Gasteiger partial charge in [0, 0.05) is 49.8 Å². The number of carboxylic acid groups (broad SMARTS) is 2. The number of aliphatic hydroxyl groups excluding tert-OH is 2. The third-order valence-corrected chi connectivity index (χ3v) is 3.21. The number of rotatable bonds is 9. The SMILES string of the molecule is O=C(O)CCc1ccccn1.O=C(O)CCc1ccccn1.OCCCCO. The third kappa shape index (κ3) is 16.6. The van der Waals surface area contributed by atoms with Gasteiger partial charge < -0.3 is 20.4 Å². The summed E-state index contributed by atoms with van der Waals surface area (Å²) in [6.45, 7) is 0.390. The summed E-state index contributed by atoms with van der Waals surface area (Å²) in [6, 6.07) is 11.0. The fraction of sp³-hybridized carbons (Fsp3) is 0.400. The number of hydrogen-bond acceptors (Lipinski definition) is 6. The molecule has 8 nitrogen and oxygen atoms in total. The predicted molar refractivity (Wildman–Crippen MR) is 104 cm³/mol. The molecule has 0 amide bonds. The van der Waals surface area contributed by atoms with Crippen molar-refractivity contribution in [3.05, 3.63) is 60.2 Å². The van der Waals surface area contributed by atoms with Gasteiger partial charge in [0.15, 0.2) is 0 Å². The van der Waals surface area contributed by atoms with E-state index in [-0.39, 0.29) is 26.1 Å². The van der Waals surface area contributed by atoms with Crippen LogP contribution in [-0.2, 0) is 22.4 Å². The van der Waals surface area contributed by atoms with Crippen molar-refractivity contribution in [2.45, 2.75) is 38.5 Å². The Labute approximate surface area is 164 Å².